The van der Waals surface area contributed by atoms with Crippen LogP contribution in [0.3, 0.4) is 0 Å². The van der Waals surface area contributed by atoms with Gasteiger partial charge in [-0.3, -0.25) is 14.7 Å². The predicted octanol–water partition coefficient (Wildman–Crippen LogP) is 5.80. The molecule has 8 nitrogen and oxygen atoms in total. The van der Waals surface area contributed by atoms with E-state index in [4.69, 9.17) is 25.8 Å². The van der Waals surface area contributed by atoms with Gasteiger partial charge >= 0.3 is 0 Å². The summed E-state index contributed by atoms with van der Waals surface area (Å²) in [4.78, 5) is 27.8. The maximum absolute atomic E-state index is 14.0. The van der Waals surface area contributed by atoms with E-state index in [-0.39, 0.29) is 23.7 Å². The number of anilines is 1. The number of aromatic amines is 1. The first kappa shape index (κ1) is 25.8. The maximum Gasteiger partial charge on any atom is 0.277 e. The zero-order chi connectivity index (χ0) is 28.0. The first-order valence-corrected chi connectivity index (χ1v) is 13.3. The predicted molar refractivity (Wildman–Crippen MR) is 153 cm³/mol. The molecule has 40 heavy (non-hydrogen) atoms. The third kappa shape index (κ3) is 4.25. The zero-order valence-corrected chi connectivity index (χ0v) is 23.0. The van der Waals surface area contributed by atoms with Crippen molar-refractivity contribution in [3.63, 3.8) is 0 Å². The van der Waals surface area contributed by atoms with Gasteiger partial charge in [0.2, 0.25) is 5.75 Å². The van der Waals surface area contributed by atoms with Crippen LogP contribution >= 0.6 is 11.6 Å². The van der Waals surface area contributed by atoms with Crippen molar-refractivity contribution < 1.29 is 19.0 Å². The van der Waals surface area contributed by atoms with E-state index in [1.54, 1.807) is 33.5 Å². The molecule has 2 N–H and O–H groups in total. The van der Waals surface area contributed by atoms with Crippen LogP contribution in [-0.4, -0.2) is 36.9 Å². The van der Waals surface area contributed by atoms with E-state index in [9.17, 15) is 9.59 Å². The Labute approximate surface area is 236 Å². The second-order valence-corrected chi connectivity index (χ2v) is 10.3. The average Bonchev–Trinajstić information content (AvgIpc) is 3.31. The summed E-state index contributed by atoms with van der Waals surface area (Å²) >= 11 is 6.20. The molecular weight excluding hydrogens is 530 g/mol. The molecule has 1 aliphatic heterocycles. The summed E-state index contributed by atoms with van der Waals surface area (Å²) < 4.78 is 18.1. The minimum atomic E-state index is -0.536. The molecule has 0 saturated carbocycles. The zero-order valence-electron chi connectivity index (χ0n) is 22.3. The van der Waals surface area contributed by atoms with Gasteiger partial charge < -0.3 is 19.5 Å². The number of benzene rings is 3. The van der Waals surface area contributed by atoms with Crippen molar-refractivity contribution in [3.8, 4) is 22.9 Å². The lowest BCUT2D eigenvalue weighted by Gasteiger charge is -2.34. The molecule has 2 aliphatic rings. The molecule has 6 rings (SSSR count). The fourth-order valence-electron chi connectivity index (χ4n) is 5.81. The molecule has 0 fully saturated rings. The van der Waals surface area contributed by atoms with Gasteiger partial charge in [-0.2, -0.15) is 0 Å². The molecule has 0 spiro atoms. The van der Waals surface area contributed by atoms with Crippen LogP contribution in [0.15, 0.2) is 82.8 Å². The van der Waals surface area contributed by atoms with Gasteiger partial charge in [0.25, 0.3) is 5.56 Å². The number of carbonyl (C=O) groups excluding carboxylic acids is 1. The lowest BCUT2D eigenvalue weighted by atomic mass is 9.72. The van der Waals surface area contributed by atoms with Gasteiger partial charge in [0.15, 0.2) is 17.3 Å². The maximum atomic E-state index is 14.0. The number of ether oxygens (including phenoxy) is 3. The van der Waals surface area contributed by atoms with Gasteiger partial charge in [-0.1, -0.05) is 41.9 Å². The first-order chi connectivity index (χ1) is 19.4. The van der Waals surface area contributed by atoms with E-state index in [0.29, 0.717) is 51.3 Å². The molecule has 2 atom stereocenters. The number of carbonyl (C=O) groups is 1. The summed E-state index contributed by atoms with van der Waals surface area (Å²) in [6, 6.07) is 20.5. The van der Waals surface area contributed by atoms with E-state index in [1.807, 2.05) is 54.6 Å². The number of methoxy groups -OCH3 is 3. The number of hydrogen-bond donors (Lipinski definition) is 2. The summed E-state index contributed by atoms with van der Waals surface area (Å²) in [5, 5.41) is 7.25. The number of H-pyrrole nitrogens is 1. The Kier molecular flexibility index (Phi) is 6.64. The third-order valence-electron chi connectivity index (χ3n) is 7.66. The number of fused-ring (bicyclic) bond motifs is 1. The minimum Gasteiger partial charge on any atom is -0.493 e. The van der Waals surface area contributed by atoms with Crippen LogP contribution in [0.5, 0.6) is 17.2 Å². The first-order valence-electron chi connectivity index (χ1n) is 12.9. The van der Waals surface area contributed by atoms with Crippen molar-refractivity contribution in [2.45, 2.75) is 24.7 Å². The number of Topliss-reactive ketones (excluding diaryl/α,β-unsaturated/α-hetero) is 1. The van der Waals surface area contributed by atoms with Gasteiger partial charge in [-0.25, -0.2) is 4.68 Å². The molecule has 3 aromatic carbocycles. The van der Waals surface area contributed by atoms with E-state index >= 15 is 0 Å². The lowest BCUT2D eigenvalue weighted by Crippen LogP contribution is -2.32. The molecule has 1 aromatic heterocycles. The topological polar surface area (TPSA) is 94.6 Å². The van der Waals surface area contributed by atoms with Crippen molar-refractivity contribution in [2.75, 3.05) is 26.6 Å². The number of allylic oxidation sites excluding steroid dienone is 2. The monoisotopic (exact) mass is 557 g/mol. The number of nitrogens with zero attached hydrogens (tertiary/aromatic N) is 1. The highest BCUT2D eigenvalue weighted by Gasteiger charge is 2.41. The van der Waals surface area contributed by atoms with Gasteiger partial charge in [-0.15, -0.1) is 0 Å². The fourth-order valence-corrected chi connectivity index (χ4v) is 5.94. The second kappa shape index (κ2) is 10.3. The molecule has 9 heteroatoms. The Hall–Kier alpha value is -4.43. The summed E-state index contributed by atoms with van der Waals surface area (Å²) in [7, 11) is 4.70. The SMILES string of the molecule is COc1cc([C@@H]2CC(=O)C3=C(C2)Nc2[nH]n(-c4ccccc4)c(=O)c2[C@H]3c2ccc(Cl)cc2)cc(OC)c1OC. The second-order valence-electron chi connectivity index (χ2n) is 9.87. The highest BCUT2D eigenvalue weighted by molar-refractivity contribution is 6.30. The molecule has 204 valence electrons. The number of halogens is 1. The van der Waals surface area contributed by atoms with Crippen LogP contribution in [0, 0.1) is 0 Å². The van der Waals surface area contributed by atoms with Crippen LogP contribution in [0.4, 0.5) is 5.82 Å². The molecule has 0 bridgehead atoms. The van der Waals surface area contributed by atoms with Gasteiger partial charge in [0.1, 0.15) is 5.82 Å². The Morgan fingerprint density at radius 3 is 2.15 bits per heavy atom. The van der Waals surface area contributed by atoms with E-state index < -0.39 is 5.92 Å². The Balaban J connectivity index is 1.48. The van der Waals surface area contributed by atoms with Gasteiger partial charge in [-0.05, 0) is 59.9 Å². The summed E-state index contributed by atoms with van der Waals surface area (Å²) in [5.41, 5.74) is 4.12. The van der Waals surface area contributed by atoms with Crippen molar-refractivity contribution in [1.29, 1.82) is 0 Å². The largest absolute Gasteiger partial charge is 0.493 e. The molecule has 4 aromatic rings. The molecule has 0 unspecified atom stereocenters. The molecule has 0 amide bonds. The Morgan fingerprint density at radius 2 is 1.52 bits per heavy atom. The van der Waals surface area contributed by atoms with E-state index in [2.05, 4.69) is 10.4 Å². The fraction of sp³-hybridized carbons (Fsp3) is 0.226. The lowest BCUT2D eigenvalue weighted by molar-refractivity contribution is -0.116. The Morgan fingerprint density at radius 1 is 0.850 bits per heavy atom. The number of rotatable bonds is 6. The van der Waals surface area contributed by atoms with Crippen molar-refractivity contribution in [2.24, 2.45) is 0 Å². The highest BCUT2D eigenvalue weighted by Crippen LogP contribution is 2.49. The summed E-state index contributed by atoms with van der Waals surface area (Å²) in [5.74, 6) is 1.45. The molecule has 2 heterocycles. The van der Waals surface area contributed by atoms with Crippen molar-refractivity contribution in [3.05, 3.63) is 110 Å². The van der Waals surface area contributed by atoms with E-state index in [1.165, 1.54) is 4.68 Å². The van der Waals surface area contributed by atoms with Crippen LogP contribution in [-0.2, 0) is 4.79 Å². The number of aromatic nitrogens is 2. The summed E-state index contributed by atoms with van der Waals surface area (Å²) in [6.07, 6.45) is 0.831. The van der Waals surface area contributed by atoms with Crippen LogP contribution in [0.25, 0.3) is 5.69 Å². The molecule has 0 radical (unpaired) electrons. The minimum absolute atomic E-state index is 0.0232. The van der Waals surface area contributed by atoms with Gasteiger partial charge in [0.05, 0.1) is 32.6 Å². The van der Waals surface area contributed by atoms with Crippen molar-refractivity contribution in [1.82, 2.24) is 9.78 Å². The number of hydrogen-bond acceptors (Lipinski definition) is 6. The normalized spacial score (nSPS) is 18.1. The van der Waals surface area contributed by atoms with Crippen LogP contribution < -0.4 is 25.1 Å². The summed E-state index contributed by atoms with van der Waals surface area (Å²) in [6.45, 7) is 0. The highest BCUT2D eigenvalue weighted by atomic mass is 35.5. The number of ketones is 1. The molecule has 0 saturated heterocycles. The van der Waals surface area contributed by atoms with Crippen LogP contribution in [0.1, 0.15) is 41.4 Å². The molecule has 1 aliphatic carbocycles. The number of para-hydroxylation sites is 1. The van der Waals surface area contributed by atoms with E-state index in [0.717, 1.165) is 16.8 Å². The average molecular weight is 558 g/mol. The standard InChI is InChI=1S/C31H28ClN3O5/c1-38-24-15-19(16-25(39-2)29(24)40-3)18-13-22-27(23(36)14-18)26(17-9-11-20(32)12-10-17)28-30(33-22)34-35(31(28)37)21-7-5-4-6-8-21/h4-12,15-16,18,26,33-34H,13-14H2,1-3H3/t18-,26-/m0/s1. The quantitative estimate of drug-likeness (QED) is 0.311. The van der Waals surface area contributed by atoms with Crippen LogP contribution in [0.2, 0.25) is 5.02 Å². The Bertz CT molecular complexity index is 1660. The van der Waals surface area contributed by atoms with Gasteiger partial charge in [0, 0.05) is 28.6 Å². The molecular formula is C31H28ClN3O5. The third-order valence-corrected chi connectivity index (χ3v) is 7.92. The smallest absolute Gasteiger partial charge is 0.277 e. The van der Waals surface area contributed by atoms with Crippen molar-refractivity contribution >= 4 is 23.2 Å². The number of nitrogens with one attached hydrogen (secondary N) is 2.